The molecule has 0 spiro atoms. The Morgan fingerprint density at radius 1 is 1.04 bits per heavy atom. The van der Waals surface area contributed by atoms with Crippen LogP contribution in [0, 0.1) is 0 Å². The number of benzene rings is 2. The average molecular weight is 372 g/mol. The molecule has 0 aliphatic carbocycles. The zero-order valence-corrected chi connectivity index (χ0v) is 16.0. The van der Waals surface area contributed by atoms with Gasteiger partial charge in [-0.3, -0.25) is 4.79 Å². The van der Waals surface area contributed by atoms with Crippen LogP contribution in [0.3, 0.4) is 0 Å². The predicted octanol–water partition coefficient (Wildman–Crippen LogP) is 4.24. The molecule has 138 valence electrons. The topological polar surface area (TPSA) is 66.4 Å². The Morgan fingerprint density at radius 3 is 2.12 bits per heavy atom. The summed E-state index contributed by atoms with van der Waals surface area (Å²) in [6.07, 6.45) is 4.51. The zero-order valence-electron chi connectivity index (χ0n) is 15.2. The number of nitrogens with one attached hydrogen (secondary N) is 1. The molecule has 2 aromatic rings. The number of carboxylic acids is 1. The fourth-order valence-electron chi connectivity index (χ4n) is 2.70. The van der Waals surface area contributed by atoms with Crippen molar-refractivity contribution in [2.45, 2.75) is 32.2 Å². The Hall–Kier alpha value is -2.27. The average Bonchev–Trinajstić information content (AvgIpc) is 2.66. The van der Waals surface area contributed by atoms with Crippen LogP contribution in [0.4, 0.5) is 0 Å². The third-order valence-corrected chi connectivity index (χ3v) is 4.83. The van der Waals surface area contributed by atoms with Crippen LogP contribution in [0.1, 0.15) is 35.7 Å². The van der Waals surface area contributed by atoms with Crippen molar-refractivity contribution >= 4 is 23.6 Å². The highest BCUT2D eigenvalue weighted by Crippen LogP contribution is 2.21. The van der Waals surface area contributed by atoms with E-state index >= 15 is 0 Å². The third-order valence-electron chi connectivity index (χ3n) is 4.19. The van der Waals surface area contributed by atoms with Crippen molar-refractivity contribution < 1.29 is 14.7 Å². The molecule has 0 heterocycles. The molecule has 0 aliphatic heterocycles. The van der Waals surface area contributed by atoms with Crippen LogP contribution in [0.2, 0.25) is 0 Å². The zero-order chi connectivity index (χ0) is 18.9. The number of rotatable bonds is 9. The van der Waals surface area contributed by atoms with E-state index in [4.69, 9.17) is 0 Å². The van der Waals surface area contributed by atoms with Gasteiger partial charge in [-0.15, -0.1) is 0 Å². The highest BCUT2D eigenvalue weighted by atomic mass is 32.2. The number of carbonyl (C=O) groups is 2. The lowest BCUT2D eigenvalue weighted by atomic mass is 10.0. The lowest BCUT2D eigenvalue weighted by Crippen LogP contribution is -2.41. The molecular formula is C21H25NO3S. The number of hydrogen-bond acceptors (Lipinski definition) is 3. The van der Waals surface area contributed by atoms with Gasteiger partial charge in [0.2, 0.25) is 0 Å². The number of amides is 1. The van der Waals surface area contributed by atoms with Crippen LogP contribution in [-0.2, 0) is 11.2 Å². The van der Waals surface area contributed by atoms with Crippen molar-refractivity contribution in [3.8, 4) is 11.1 Å². The maximum absolute atomic E-state index is 12.3. The van der Waals surface area contributed by atoms with E-state index in [-0.39, 0.29) is 5.91 Å². The molecule has 0 radical (unpaired) electrons. The number of hydrogen-bond donors (Lipinski definition) is 2. The second-order valence-corrected chi connectivity index (χ2v) is 7.16. The van der Waals surface area contributed by atoms with Gasteiger partial charge in [-0.05, 0) is 53.7 Å². The van der Waals surface area contributed by atoms with Crippen LogP contribution in [0.15, 0.2) is 48.5 Å². The van der Waals surface area contributed by atoms with E-state index in [2.05, 4.69) is 36.5 Å². The van der Waals surface area contributed by atoms with Gasteiger partial charge in [0, 0.05) is 5.56 Å². The number of aryl methyl sites for hydroxylation is 1. The SMILES string of the molecule is CCCc1ccc(-c2ccc(C(=O)NC(CCSC)C(=O)O)cc2)cc1. The van der Waals surface area contributed by atoms with Gasteiger partial charge < -0.3 is 10.4 Å². The number of aliphatic carboxylic acids is 1. The molecule has 1 atom stereocenters. The Labute approximate surface area is 159 Å². The van der Waals surface area contributed by atoms with E-state index in [1.165, 1.54) is 5.56 Å². The summed E-state index contributed by atoms with van der Waals surface area (Å²) in [5.74, 6) is -0.677. The summed E-state index contributed by atoms with van der Waals surface area (Å²) in [5, 5.41) is 11.8. The molecule has 26 heavy (non-hydrogen) atoms. The van der Waals surface area contributed by atoms with Gasteiger partial charge in [0.05, 0.1) is 0 Å². The van der Waals surface area contributed by atoms with Crippen molar-refractivity contribution in [3.05, 3.63) is 59.7 Å². The van der Waals surface area contributed by atoms with Crippen LogP contribution < -0.4 is 5.32 Å². The molecule has 0 saturated heterocycles. The van der Waals surface area contributed by atoms with Gasteiger partial charge in [0.15, 0.2) is 0 Å². The Morgan fingerprint density at radius 2 is 1.62 bits per heavy atom. The summed E-state index contributed by atoms with van der Waals surface area (Å²) < 4.78 is 0. The number of carbonyl (C=O) groups excluding carboxylic acids is 1. The predicted molar refractivity (Wildman–Crippen MR) is 108 cm³/mol. The van der Waals surface area contributed by atoms with Gasteiger partial charge in [0.25, 0.3) is 5.91 Å². The second-order valence-electron chi connectivity index (χ2n) is 6.17. The lowest BCUT2D eigenvalue weighted by Gasteiger charge is -2.14. The first-order valence-corrected chi connectivity index (χ1v) is 10.2. The molecule has 2 aromatic carbocycles. The van der Waals surface area contributed by atoms with Gasteiger partial charge >= 0.3 is 5.97 Å². The van der Waals surface area contributed by atoms with E-state index in [9.17, 15) is 14.7 Å². The Kier molecular flexibility index (Phi) is 7.73. The molecular weight excluding hydrogens is 346 g/mol. The van der Waals surface area contributed by atoms with E-state index in [0.29, 0.717) is 17.7 Å². The fraction of sp³-hybridized carbons (Fsp3) is 0.333. The van der Waals surface area contributed by atoms with Crippen LogP contribution in [0.25, 0.3) is 11.1 Å². The fourth-order valence-corrected chi connectivity index (χ4v) is 3.17. The first-order valence-electron chi connectivity index (χ1n) is 8.77. The normalized spacial score (nSPS) is 11.8. The van der Waals surface area contributed by atoms with Gasteiger partial charge in [-0.1, -0.05) is 49.7 Å². The summed E-state index contributed by atoms with van der Waals surface area (Å²) in [7, 11) is 0. The molecule has 1 unspecified atom stereocenters. The maximum atomic E-state index is 12.3. The van der Waals surface area contributed by atoms with Gasteiger partial charge in [-0.25, -0.2) is 4.79 Å². The van der Waals surface area contributed by atoms with Gasteiger partial charge in [0.1, 0.15) is 6.04 Å². The minimum Gasteiger partial charge on any atom is -0.480 e. The van der Waals surface area contributed by atoms with Crippen molar-refractivity contribution in [1.82, 2.24) is 5.32 Å². The second kappa shape index (κ2) is 10.0. The first-order chi connectivity index (χ1) is 12.5. The third kappa shape index (κ3) is 5.63. The summed E-state index contributed by atoms with van der Waals surface area (Å²) in [5.41, 5.74) is 3.91. The Bertz CT molecular complexity index is 726. The van der Waals surface area contributed by atoms with Crippen molar-refractivity contribution in [1.29, 1.82) is 0 Å². The molecule has 2 N–H and O–H groups in total. The van der Waals surface area contributed by atoms with E-state index in [1.807, 2.05) is 18.4 Å². The van der Waals surface area contributed by atoms with Crippen molar-refractivity contribution in [2.75, 3.05) is 12.0 Å². The number of thioether (sulfide) groups is 1. The highest BCUT2D eigenvalue weighted by Gasteiger charge is 2.20. The summed E-state index contributed by atoms with van der Waals surface area (Å²) >= 11 is 1.56. The van der Waals surface area contributed by atoms with Crippen molar-refractivity contribution in [3.63, 3.8) is 0 Å². The van der Waals surface area contributed by atoms with E-state index in [0.717, 1.165) is 24.0 Å². The standard InChI is InChI=1S/C21H25NO3S/c1-3-4-15-5-7-16(8-6-15)17-9-11-18(12-10-17)20(23)22-19(21(24)25)13-14-26-2/h5-12,19H,3-4,13-14H2,1-2H3,(H,22,23)(H,24,25). The first kappa shape index (κ1) is 20.0. The summed E-state index contributed by atoms with van der Waals surface area (Å²) in [6, 6.07) is 14.8. The summed E-state index contributed by atoms with van der Waals surface area (Å²) in [4.78, 5) is 23.6. The molecule has 0 aliphatic rings. The molecule has 0 bridgehead atoms. The quantitative estimate of drug-likeness (QED) is 0.692. The lowest BCUT2D eigenvalue weighted by molar-refractivity contribution is -0.139. The molecule has 0 saturated carbocycles. The molecule has 4 nitrogen and oxygen atoms in total. The molecule has 0 fully saturated rings. The van der Waals surface area contributed by atoms with E-state index in [1.54, 1.807) is 23.9 Å². The summed E-state index contributed by atoms with van der Waals surface area (Å²) in [6.45, 7) is 2.16. The monoisotopic (exact) mass is 371 g/mol. The minimum atomic E-state index is -1.00. The molecule has 0 aromatic heterocycles. The smallest absolute Gasteiger partial charge is 0.326 e. The molecule has 5 heteroatoms. The van der Waals surface area contributed by atoms with Gasteiger partial charge in [-0.2, -0.15) is 11.8 Å². The Balaban J connectivity index is 2.05. The number of carboxylic acid groups (broad SMARTS) is 1. The van der Waals surface area contributed by atoms with Crippen LogP contribution in [0.5, 0.6) is 0 Å². The molecule has 1 amide bonds. The minimum absolute atomic E-state index is 0.358. The van der Waals surface area contributed by atoms with Crippen LogP contribution >= 0.6 is 11.8 Å². The highest BCUT2D eigenvalue weighted by molar-refractivity contribution is 7.98. The van der Waals surface area contributed by atoms with Crippen molar-refractivity contribution in [2.24, 2.45) is 0 Å². The maximum Gasteiger partial charge on any atom is 0.326 e. The largest absolute Gasteiger partial charge is 0.480 e. The molecule has 2 rings (SSSR count). The van der Waals surface area contributed by atoms with E-state index < -0.39 is 12.0 Å². The van der Waals surface area contributed by atoms with Crippen LogP contribution in [-0.4, -0.2) is 35.0 Å².